The molecule has 0 aromatic heterocycles. The van der Waals surface area contributed by atoms with E-state index in [4.69, 9.17) is 4.74 Å². The van der Waals surface area contributed by atoms with Gasteiger partial charge in [-0.15, -0.1) is 0 Å². The zero-order valence-corrected chi connectivity index (χ0v) is 17.3. The minimum atomic E-state index is -0.477. The molecule has 1 saturated heterocycles. The SMILES string of the molecule is CC[C@@H](Oc1ccc(C)c(C)c1)C(=O)NCc1cccc(CN2CCCC2)c1. The molecule has 4 heteroatoms. The molecule has 1 amide bonds. The predicted molar refractivity (Wildman–Crippen MR) is 113 cm³/mol. The van der Waals surface area contributed by atoms with Gasteiger partial charge in [-0.2, -0.15) is 0 Å². The monoisotopic (exact) mass is 380 g/mol. The predicted octanol–water partition coefficient (Wildman–Crippen LogP) is 4.37. The third-order valence-corrected chi connectivity index (χ3v) is 5.48. The number of ether oxygens (including phenoxy) is 1. The molecule has 1 aliphatic rings. The highest BCUT2D eigenvalue weighted by Gasteiger charge is 2.18. The summed E-state index contributed by atoms with van der Waals surface area (Å²) in [5.74, 6) is 0.684. The van der Waals surface area contributed by atoms with E-state index in [9.17, 15) is 4.79 Å². The molecule has 0 unspecified atom stereocenters. The van der Waals surface area contributed by atoms with Crippen molar-refractivity contribution in [1.29, 1.82) is 0 Å². The molecule has 0 radical (unpaired) electrons. The van der Waals surface area contributed by atoms with E-state index in [1.165, 1.54) is 42.6 Å². The summed E-state index contributed by atoms with van der Waals surface area (Å²) in [6, 6.07) is 14.5. The van der Waals surface area contributed by atoms with Crippen LogP contribution in [0.5, 0.6) is 5.75 Å². The van der Waals surface area contributed by atoms with Crippen molar-refractivity contribution in [3.05, 3.63) is 64.7 Å². The lowest BCUT2D eigenvalue weighted by molar-refractivity contribution is -0.128. The second-order valence-electron chi connectivity index (χ2n) is 7.78. The number of carbonyl (C=O) groups excluding carboxylic acids is 1. The Bertz CT molecular complexity index is 797. The Kier molecular flexibility index (Phi) is 7.10. The van der Waals surface area contributed by atoms with Crippen molar-refractivity contribution in [2.45, 2.75) is 59.2 Å². The second-order valence-corrected chi connectivity index (χ2v) is 7.78. The number of carbonyl (C=O) groups is 1. The first-order valence-corrected chi connectivity index (χ1v) is 10.4. The number of nitrogens with zero attached hydrogens (tertiary/aromatic N) is 1. The minimum Gasteiger partial charge on any atom is -0.481 e. The molecule has 2 aromatic rings. The lowest BCUT2D eigenvalue weighted by Gasteiger charge is -2.18. The van der Waals surface area contributed by atoms with Crippen molar-refractivity contribution in [2.75, 3.05) is 13.1 Å². The standard InChI is InChI=1S/C24H32N2O2/c1-4-23(28-22-11-10-18(2)19(3)14-22)24(27)25-16-20-8-7-9-21(15-20)17-26-12-5-6-13-26/h7-11,14-15,23H,4-6,12-13,16-17H2,1-3H3,(H,25,27)/t23-/m1/s1. The number of nitrogens with one attached hydrogen (secondary N) is 1. The van der Waals surface area contributed by atoms with E-state index in [0.717, 1.165) is 17.9 Å². The fraction of sp³-hybridized carbons (Fsp3) is 0.458. The molecule has 1 heterocycles. The molecule has 0 bridgehead atoms. The van der Waals surface area contributed by atoms with Gasteiger partial charge < -0.3 is 10.1 Å². The summed E-state index contributed by atoms with van der Waals surface area (Å²) in [6.07, 6.45) is 2.76. The van der Waals surface area contributed by atoms with Gasteiger partial charge in [0.2, 0.25) is 0 Å². The van der Waals surface area contributed by atoms with Crippen molar-refractivity contribution < 1.29 is 9.53 Å². The molecule has 28 heavy (non-hydrogen) atoms. The molecule has 1 N–H and O–H groups in total. The molecule has 1 aliphatic heterocycles. The van der Waals surface area contributed by atoms with Gasteiger partial charge in [0.15, 0.2) is 6.10 Å². The average molecular weight is 381 g/mol. The van der Waals surface area contributed by atoms with Gasteiger partial charge in [-0.25, -0.2) is 0 Å². The van der Waals surface area contributed by atoms with E-state index in [2.05, 4.69) is 48.3 Å². The third-order valence-electron chi connectivity index (χ3n) is 5.48. The maximum Gasteiger partial charge on any atom is 0.261 e. The number of rotatable bonds is 8. The molecule has 0 spiro atoms. The fourth-order valence-corrected chi connectivity index (χ4v) is 3.61. The highest BCUT2D eigenvalue weighted by atomic mass is 16.5. The quantitative estimate of drug-likeness (QED) is 0.739. The fourth-order valence-electron chi connectivity index (χ4n) is 3.61. The van der Waals surface area contributed by atoms with E-state index >= 15 is 0 Å². The van der Waals surface area contributed by atoms with Crippen LogP contribution in [-0.2, 0) is 17.9 Å². The third kappa shape index (κ3) is 5.59. The number of hydrogen-bond donors (Lipinski definition) is 1. The first-order valence-electron chi connectivity index (χ1n) is 10.4. The summed E-state index contributed by atoms with van der Waals surface area (Å²) in [6.45, 7) is 10.00. The van der Waals surface area contributed by atoms with Crippen LogP contribution in [0.4, 0.5) is 0 Å². The number of hydrogen-bond acceptors (Lipinski definition) is 3. The summed E-state index contributed by atoms with van der Waals surface area (Å²) in [5.41, 5.74) is 4.83. The van der Waals surface area contributed by atoms with Crippen molar-refractivity contribution in [3.63, 3.8) is 0 Å². The van der Waals surface area contributed by atoms with Gasteiger partial charge >= 0.3 is 0 Å². The topological polar surface area (TPSA) is 41.6 Å². The molecular weight excluding hydrogens is 348 g/mol. The van der Waals surface area contributed by atoms with Crippen LogP contribution in [0.15, 0.2) is 42.5 Å². The minimum absolute atomic E-state index is 0.0642. The molecule has 2 aromatic carbocycles. The summed E-state index contributed by atoms with van der Waals surface area (Å²) in [5, 5.41) is 3.04. The Labute approximate surface area is 168 Å². The Morgan fingerprint density at radius 3 is 2.54 bits per heavy atom. The van der Waals surface area contributed by atoms with Crippen LogP contribution in [0.3, 0.4) is 0 Å². The molecule has 3 rings (SSSR count). The first-order chi connectivity index (χ1) is 13.5. The normalized spacial score (nSPS) is 15.4. The van der Waals surface area contributed by atoms with Crippen LogP contribution >= 0.6 is 0 Å². The van der Waals surface area contributed by atoms with Crippen molar-refractivity contribution >= 4 is 5.91 Å². The number of benzene rings is 2. The van der Waals surface area contributed by atoms with E-state index in [-0.39, 0.29) is 5.91 Å². The Morgan fingerprint density at radius 2 is 1.82 bits per heavy atom. The highest BCUT2D eigenvalue weighted by Crippen LogP contribution is 2.19. The van der Waals surface area contributed by atoms with Crippen LogP contribution in [0.2, 0.25) is 0 Å². The van der Waals surface area contributed by atoms with Crippen LogP contribution in [0, 0.1) is 13.8 Å². The largest absolute Gasteiger partial charge is 0.481 e. The molecule has 0 aliphatic carbocycles. The summed E-state index contributed by atoms with van der Waals surface area (Å²) in [7, 11) is 0. The van der Waals surface area contributed by atoms with Gasteiger partial charge in [0.1, 0.15) is 5.75 Å². The number of aryl methyl sites for hydroxylation is 2. The first kappa shape index (κ1) is 20.4. The molecular formula is C24H32N2O2. The summed E-state index contributed by atoms with van der Waals surface area (Å²) < 4.78 is 5.94. The molecule has 1 atom stereocenters. The van der Waals surface area contributed by atoms with Gasteiger partial charge in [0.25, 0.3) is 5.91 Å². The molecule has 0 saturated carbocycles. The number of amides is 1. The smallest absolute Gasteiger partial charge is 0.261 e. The van der Waals surface area contributed by atoms with E-state index in [1.807, 2.05) is 25.1 Å². The second kappa shape index (κ2) is 9.74. The molecule has 4 nitrogen and oxygen atoms in total. The van der Waals surface area contributed by atoms with Crippen molar-refractivity contribution in [1.82, 2.24) is 10.2 Å². The Morgan fingerprint density at radius 1 is 1.07 bits per heavy atom. The van der Waals surface area contributed by atoms with Gasteiger partial charge in [0, 0.05) is 13.1 Å². The van der Waals surface area contributed by atoms with Crippen molar-refractivity contribution in [3.8, 4) is 5.75 Å². The van der Waals surface area contributed by atoms with Crippen molar-refractivity contribution in [2.24, 2.45) is 0 Å². The zero-order chi connectivity index (χ0) is 19.9. The maximum absolute atomic E-state index is 12.6. The van der Waals surface area contributed by atoms with E-state index < -0.39 is 6.10 Å². The molecule has 1 fully saturated rings. The van der Waals surface area contributed by atoms with Gasteiger partial charge in [0.05, 0.1) is 0 Å². The van der Waals surface area contributed by atoms with E-state index in [1.54, 1.807) is 0 Å². The Hall–Kier alpha value is -2.33. The van der Waals surface area contributed by atoms with Gasteiger partial charge in [-0.3, -0.25) is 9.69 Å². The van der Waals surface area contributed by atoms with E-state index in [0.29, 0.717) is 13.0 Å². The lowest BCUT2D eigenvalue weighted by Crippen LogP contribution is -2.37. The highest BCUT2D eigenvalue weighted by molar-refractivity contribution is 5.81. The van der Waals surface area contributed by atoms with Crippen LogP contribution < -0.4 is 10.1 Å². The maximum atomic E-state index is 12.6. The lowest BCUT2D eigenvalue weighted by atomic mass is 10.1. The number of likely N-dealkylation sites (tertiary alicyclic amines) is 1. The molecule has 150 valence electrons. The Balaban J connectivity index is 1.55. The van der Waals surface area contributed by atoms with Crippen LogP contribution in [-0.4, -0.2) is 30.0 Å². The van der Waals surface area contributed by atoms with Crippen LogP contribution in [0.1, 0.15) is 48.4 Å². The summed E-state index contributed by atoms with van der Waals surface area (Å²) >= 11 is 0. The van der Waals surface area contributed by atoms with Gasteiger partial charge in [-0.05, 0) is 80.6 Å². The summed E-state index contributed by atoms with van der Waals surface area (Å²) in [4.78, 5) is 15.1. The van der Waals surface area contributed by atoms with Crippen LogP contribution in [0.25, 0.3) is 0 Å². The van der Waals surface area contributed by atoms with Gasteiger partial charge in [-0.1, -0.05) is 37.3 Å². The average Bonchev–Trinajstić information content (AvgIpc) is 3.20. The zero-order valence-electron chi connectivity index (χ0n) is 17.3.